The van der Waals surface area contributed by atoms with Crippen LogP contribution in [0.15, 0.2) is 76.2 Å². The summed E-state index contributed by atoms with van der Waals surface area (Å²) < 4.78 is 16.2. The first-order valence-electron chi connectivity index (χ1n) is 15.9. The third kappa shape index (κ3) is 9.28. The number of nitrogens with zero attached hydrogens (tertiary/aromatic N) is 5. The fourth-order valence-corrected chi connectivity index (χ4v) is 7.35. The number of aromatic nitrogens is 3. The van der Waals surface area contributed by atoms with Crippen molar-refractivity contribution in [1.29, 1.82) is 0 Å². The molecule has 0 spiro atoms. The van der Waals surface area contributed by atoms with Gasteiger partial charge in [-0.1, -0.05) is 66.8 Å². The third-order valence-corrected chi connectivity index (χ3v) is 10.00. The minimum atomic E-state index is -1.28. The van der Waals surface area contributed by atoms with Crippen LogP contribution < -0.4 is 16.0 Å². The summed E-state index contributed by atoms with van der Waals surface area (Å²) in [6.07, 6.45) is 7.67. The van der Waals surface area contributed by atoms with Gasteiger partial charge >= 0.3 is 0 Å². The highest BCUT2D eigenvalue weighted by Gasteiger charge is 2.30. The number of aliphatic hydroxyl groups is 1. The van der Waals surface area contributed by atoms with Gasteiger partial charge in [0.25, 0.3) is 5.91 Å². The molecule has 4 N–H and O–H groups in total. The molecule has 1 fully saturated rings. The molecule has 3 aromatic heterocycles. The van der Waals surface area contributed by atoms with E-state index >= 15 is 4.39 Å². The second kappa shape index (κ2) is 16.3. The van der Waals surface area contributed by atoms with Gasteiger partial charge in [0, 0.05) is 25.3 Å². The lowest BCUT2D eigenvalue weighted by Gasteiger charge is -2.33. The van der Waals surface area contributed by atoms with Crippen molar-refractivity contribution in [2.45, 2.75) is 53.4 Å². The Labute approximate surface area is 288 Å². The molecule has 14 heteroatoms. The van der Waals surface area contributed by atoms with Crippen LogP contribution in [-0.4, -0.2) is 88.0 Å². The molecule has 0 radical (unpaired) electrons. The van der Waals surface area contributed by atoms with E-state index in [4.69, 9.17) is 0 Å². The van der Waals surface area contributed by atoms with Gasteiger partial charge in [0.1, 0.15) is 11.4 Å². The largest absolute Gasteiger partial charge is 0.383 e. The summed E-state index contributed by atoms with van der Waals surface area (Å²) in [6, 6.07) is 14.7. The fraction of sp³-hybridized carbons (Fsp3) is 0.382. The molecule has 1 aliphatic heterocycles. The Morgan fingerprint density at radius 2 is 1.85 bits per heavy atom. The normalized spacial score (nSPS) is 14.8. The summed E-state index contributed by atoms with van der Waals surface area (Å²) in [7, 11) is 3.80. The summed E-state index contributed by atoms with van der Waals surface area (Å²) in [4.78, 5) is 42.2. The molecule has 11 nitrogen and oxygen atoms in total. The Balaban J connectivity index is 1.13. The first-order valence-corrected chi connectivity index (χ1v) is 17.5. The second-order valence-corrected chi connectivity index (χ2v) is 14.4. The lowest BCUT2D eigenvalue weighted by atomic mass is 9.89. The van der Waals surface area contributed by atoms with Crippen molar-refractivity contribution in [1.82, 2.24) is 30.1 Å². The van der Waals surface area contributed by atoms with Crippen LogP contribution in [0, 0.1) is 5.82 Å². The fourth-order valence-electron chi connectivity index (χ4n) is 5.49. The SMILES string of the molecule is CCCC(O)(CNC(=O)c1nccc(Sc2cnc(Nc3ccc(NC4CCN(C(=O)CN(C)C)CC4)cn3)s2)c1F)c1ccccc1. The Morgan fingerprint density at radius 3 is 2.54 bits per heavy atom. The van der Waals surface area contributed by atoms with E-state index in [-0.39, 0.29) is 29.1 Å². The number of halogens is 1. The van der Waals surface area contributed by atoms with Crippen LogP contribution in [0.25, 0.3) is 0 Å². The number of carbonyl (C=O) groups excluding carboxylic acids is 2. The van der Waals surface area contributed by atoms with E-state index in [0.29, 0.717) is 40.1 Å². The van der Waals surface area contributed by atoms with Gasteiger partial charge in [0.2, 0.25) is 5.91 Å². The van der Waals surface area contributed by atoms with Gasteiger partial charge in [0.05, 0.1) is 40.3 Å². The smallest absolute Gasteiger partial charge is 0.273 e. The van der Waals surface area contributed by atoms with Crippen LogP contribution in [0.3, 0.4) is 0 Å². The average Bonchev–Trinajstić information content (AvgIpc) is 3.52. The number of rotatable bonds is 14. The lowest BCUT2D eigenvalue weighted by molar-refractivity contribution is -0.132. The maximum Gasteiger partial charge on any atom is 0.273 e. The topological polar surface area (TPSA) is 136 Å². The zero-order chi connectivity index (χ0) is 34.1. The number of likely N-dealkylation sites (tertiary alicyclic amines) is 1. The van der Waals surface area contributed by atoms with E-state index in [2.05, 4.69) is 30.9 Å². The number of hydrogen-bond donors (Lipinski definition) is 4. The summed E-state index contributed by atoms with van der Waals surface area (Å²) in [6.45, 7) is 3.77. The molecule has 254 valence electrons. The predicted molar refractivity (Wildman–Crippen MR) is 187 cm³/mol. The highest BCUT2D eigenvalue weighted by molar-refractivity contribution is 8.01. The number of piperidine rings is 1. The molecule has 0 bridgehead atoms. The van der Waals surface area contributed by atoms with Gasteiger partial charge < -0.3 is 30.9 Å². The zero-order valence-electron chi connectivity index (χ0n) is 27.3. The first-order chi connectivity index (χ1) is 23.1. The molecule has 48 heavy (non-hydrogen) atoms. The van der Waals surface area contributed by atoms with Crippen molar-refractivity contribution in [3.63, 3.8) is 0 Å². The minimum Gasteiger partial charge on any atom is -0.383 e. The van der Waals surface area contributed by atoms with Gasteiger partial charge in [-0.2, -0.15) is 0 Å². The quantitative estimate of drug-likeness (QED) is 0.137. The Kier molecular flexibility index (Phi) is 12.0. The van der Waals surface area contributed by atoms with Gasteiger partial charge in [-0.3, -0.25) is 9.59 Å². The molecule has 1 aromatic carbocycles. The van der Waals surface area contributed by atoms with Crippen molar-refractivity contribution >= 4 is 51.5 Å². The molecule has 1 unspecified atom stereocenters. The zero-order valence-corrected chi connectivity index (χ0v) is 28.9. The van der Waals surface area contributed by atoms with Crippen molar-refractivity contribution in [2.24, 2.45) is 0 Å². The average molecular weight is 693 g/mol. The maximum absolute atomic E-state index is 15.5. The Hall–Kier alpha value is -4.11. The van der Waals surface area contributed by atoms with Crippen LogP contribution in [0.5, 0.6) is 0 Å². The van der Waals surface area contributed by atoms with Gasteiger partial charge in [-0.15, -0.1) is 0 Å². The molecular formula is C34H41FN8O3S2. The van der Waals surface area contributed by atoms with Gasteiger partial charge in [-0.05, 0) is 57.1 Å². The summed E-state index contributed by atoms with van der Waals surface area (Å²) in [5.74, 6) is -0.661. The molecule has 0 aliphatic carbocycles. The van der Waals surface area contributed by atoms with Crippen molar-refractivity contribution in [3.05, 3.63) is 84.2 Å². The minimum absolute atomic E-state index is 0.0735. The standard InChI is InChI=1S/C34H41FN8O3S2/c1-4-15-34(46,23-8-6-5-7-9-23)22-39-32(45)31-30(35)26(12-16-36-31)47-29-20-38-33(48-29)41-27-11-10-25(19-37-27)40-24-13-17-43(18-14-24)28(44)21-42(2)3/h5-12,16,19-20,24,40,46H,4,13-15,17-18,21-22H2,1-3H3,(H,39,45)(H,37,38,41). The molecule has 1 aliphatic rings. The second-order valence-electron chi connectivity index (χ2n) is 12.0. The number of benzene rings is 1. The monoisotopic (exact) mass is 692 g/mol. The van der Waals surface area contributed by atoms with Crippen LogP contribution in [0.1, 0.15) is 48.7 Å². The van der Waals surface area contributed by atoms with Gasteiger partial charge in [0.15, 0.2) is 16.6 Å². The van der Waals surface area contributed by atoms with Crippen LogP contribution >= 0.6 is 23.1 Å². The number of amides is 2. The number of pyridine rings is 2. The molecule has 2 amide bonds. The number of likely N-dealkylation sites (N-methyl/N-ethyl adjacent to an activating group) is 1. The Morgan fingerprint density at radius 1 is 1.08 bits per heavy atom. The molecule has 1 atom stereocenters. The van der Waals surface area contributed by atoms with E-state index in [0.717, 1.165) is 43.4 Å². The molecule has 1 saturated heterocycles. The molecule has 5 rings (SSSR count). The molecule has 4 aromatic rings. The van der Waals surface area contributed by atoms with Gasteiger partial charge in [-0.25, -0.2) is 19.3 Å². The third-order valence-electron chi connectivity index (χ3n) is 7.95. The summed E-state index contributed by atoms with van der Waals surface area (Å²) >= 11 is 2.48. The van der Waals surface area contributed by atoms with E-state index < -0.39 is 17.3 Å². The van der Waals surface area contributed by atoms with Crippen molar-refractivity contribution in [3.8, 4) is 0 Å². The van der Waals surface area contributed by atoms with Crippen molar-refractivity contribution in [2.75, 3.05) is 50.9 Å². The highest BCUT2D eigenvalue weighted by Crippen LogP contribution is 2.36. The summed E-state index contributed by atoms with van der Waals surface area (Å²) in [5.41, 5.74) is -0.0317. The lowest BCUT2D eigenvalue weighted by Crippen LogP contribution is -2.45. The van der Waals surface area contributed by atoms with Crippen LogP contribution in [0.2, 0.25) is 0 Å². The molecule has 0 saturated carbocycles. The van der Waals surface area contributed by atoms with Crippen LogP contribution in [-0.2, 0) is 10.4 Å². The number of anilines is 3. The van der Waals surface area contributed by atoms with Crippen LogP contribution in [0.4, 0.5) is 21.0 Å². The number of hydrogen-bond acceptors (Lipinski definition) is 11. The number of carbonyl (C=O) groups is 2. The van der Waals surface area contributed by atoms with E-state index in [1.165, 1.54) is 23.6 Å². The molecular weight excluding hydrogens is 652 g/mol. The molecule has 4 heterocycles. The van der Waals surface area contributed by atoms with E-state index in [9.17, 15) is 14.7 Å². The Bertz CT molecular complexity index is 1670. The van der Waals surface area contributed by atoms with Crippen molar-refractivity contribution < 1.29 is 19.1 Å². The maximum atomic E-state index is 15.5. The van der Waals surface area contributed by atoms with E-state index in [1.807, 2.05) is 73.3 Å². The summed E-state index contributed by atoms with van der Waals surface area (Å²) in [5, 5.41) is 21.2. The number of thiazole rings is 1. The van der Waals surface area contributed by atoms with E-state index in [1.54, 1.807) is 12.4 Å². The first kappa shape index (κ1) is 35.2. The predicted octanol–water partition coefficient (Wildman–Crippen LogP) is 5.35. The number of nitrogens with one attached hydrogen (secondary N) is 3. The highest BCUT2D eigenvalue weighted by atomic mass is 32.2.